The topological polar surface area (TPSA) is 75.0 Å². The van der Waals surface area contributed by atoms with E-state index in [9.17, 15) is 9.59 Å². The second-order valence-corrected chi connectivity index (χ2v) is 9.67. The Labute approximate surface area is 230 Å². The number of ether oxygens (including phenoxy) is 1. The maximum Gasteiger partial charge on any atom is 0.291 e. The number of nitrogens with zero attached hydrogens (tertiary/aromatic N) is 2. The first-order valence-electron chi connectivity index (χ1n) is 12.1. The van der Waals surface area contributed by atoms with Crippen LogP contribution in [0.2, 0.25) is 10.0 Å². The van der Waals surface area contributed by atoms with Crippen molar-refractivity contribution in [1.29, 1.82) is 0 Å². The van der Waals surface area contributed by atoms with Gasteiger partial charge in [0.1, 0.15) is 11.5 Å². The third-order valence-electron chi connectivity index (χ3n) is 6.39. The van der Waals surface area contributed by atoms with Gasteiger partial charge >= 0.3 is 0 Å². The van der Waals surface area contributed by atoms with E-state index in [0.29, 0.717) is 59.0 Å². The lowest BCUT2D eigenvalue weighted by atomic mass is 10.1. The van der Waals surface area contributed by atoms with Crippen molar-refractivity contribution in [3.8, 4) is 17.1 Å². The first-order valence-corrected chi connectivity index (χ1v) is 12.8. The van der Waals surface area contributed by atoms with E-state index in [-0.39, 0.29) is 17.6 Å². The van der Waals surface area contributed by atoms with E-state index in [0.717, 1.165) is 11.3 Å². The van der Waals surface area contributed by atoms with Gasteiger partial charge in [0.2, 0.25) is 0 Å². The van der Waals surface area contributed by atoms with Crippen LogP contribution >= 0.6 is 23.2 Å². The van der Waals surface area contributed by atoms with Crippen molar-refractivity contribution in [3.63, 3.8) is 0 Å². The molecule has 2 amide bonds. The molecule has 0 saturated carbocycles. The molecule has 1 aliphatic rings. The molecule has 0 atom stereocenters. The fourth-order valence-corrected chi connectivity index (χ4v) is 4.75. The SMILES string of the molecule is COc1ccc(Cl)cc1C(=O)N1CCN(c2ccc(NC(=O)c3ccc(-c4cccc(Cl)c4)o3)cc2)CC1. The maximum absolute atomic E-state index is 13.1. The molecule has 0 bridgehead atoms. The molecule has 5 rings (SSSR count). The molecule has 2 heterocycles. The van der Waals surface area contributed by atoms with Crippen LogP contribution in [0.3, 0.4) is 0 Å². The molecule has 1 aromatic heterocycles. The van der Waals surface area contributed by atoms with Gasteiger partial charge in [0, 0.05) is 53.2 Å². The smallest absolute Gasteiger partial charge is 0.291 e. The number of hydrogen-bond donors (Lipinski definition) is 1. The summed E-state index contributed by atoms with van der Waals surface area (Å²) in [7, 11) is 1.54. The number of halogens is 2. The fourth-order valence-electron chi connectivity index (χ4n) is 4.39. The van der Waals surface area contributed by atoms with E-state index in [1.807, 2.05) is 36.4 Å². The summed E-state index contributed by atoms with van der Waals surface area (Å²) in [4.78, 5) is 29.8. The van der Waals surface area contributed by atoms with Gasteiger partial charge in [-0.15, -0.1) is 0 Å². The fraction of sp³-hybridized carbons (Fsp3) is 0.172. The minimum Gasteiger partial charge on any atom is -0.496 e. The number of furan rings is 1. The molecule has 4 aromatic rings. The van der Waals surface area contributed by atoms with Gasteiger partial charge in [0.25, 0.3) is 11.8 Å². The van der Waals surface area contributed by atoms with Crippen LogP contribution in [0.5, 0.6) is 5.75 Å². The molecule has 1 N–H and O–H groups in total. The normalized spacial score (nSPS) is 13.3. The average molecular weight is 550 g/mol. The minimum atomic E-state index is -0.338. The molecule has 38 heavy (non-hydrogen) atoms. The van der Waals surface area contributed by atoms with Crippen LogP contribution in [0.4, 0.5) is 11.4 Å². The van der Waals surface area contributed by atoms with Gasteiger partial charge < -0.3 is 24.3 Å². The van der Waals surface area contributed by atoms with Crippen molar-refractivity contribution >= 4 is 46.4 Å². The average Bonchev–Trinajstić information content (AvgIpc) is 3.44. The third kappa shape index (κ3) is 5.64. The van der Waals surface area contributed by atoms with Crippen molar-refractivity contribution in [2.45, 2.75) is 0 Å². The van der Waals surface area contributed by atoms with Crippen molar-refractivity contribution in [2.24, 2.45) is 0 Å². The van der Waals surface area contributed by atoms with Crippen molar-refractivity contribution in [1.82, 2.24) is 4.90 Å². The van der Waals surface area contributed by atoms with Gasteiger partial charge in [-0.2, -0.15) is 0 Å². The largest absolute Gasteiger partial charge is 0.496 e. The summed E-state index contributed by atoms with van der Waals surface area (Å²) in [6.45, 7) is 2.50. The van der Waals surface area contributed by atoms with Crippen molar-refractivity contribution in [2.75, 3.05) is 43.5 Å². The molecule has 9 heteroatoms. The summed E-state index contributed by atoms with van der Waals surface area (Å²) in [6.07, 6.45) is 0. The highest BCUT2D eigenvalue weighted by Gasteiger charge is 2.25. The van der Waals surface area contributed by atoms with Gasteiger partial charge in [-0.05, 0) is 66.7 Å². The Balaban J connectivity index is 1.18. The predicted octanol–water partition coefficient (Wildman–Crippen LogP) is 6.48. The Morgan fingerprint density at radius 3 is 2.32 bits per heavy atom. The Hall–Kier alpha value is -3.94. The van der Waals surface area contributed by atoms with Gasteiger partial charge in [-0.1, -0.05) is 35.3 Å². The third-order valence-corrected chi connectivity index (χ3v) is 6.86. The Bertz CT molecular complexity index is 1460. The van der Waals surface area contributed by atoms with E-state index in [1.54, 1.807) is 47.4 Å². The first kappa shape index (κ1) is 25.7. The molecule has 1 aliphatic heterocycles. The van der Waals surface area contributed by atoms with Crippen molar-refractivity contribution in [3.05, 3.63) is 100 Å². The Kier molecular flexibility index (Phi) is 7.58. The molecule has 3 aromatic carbocycles. The zero-order chi connectivity index (χ0) is 26.6. The monoisotopic (exact) mass is 549 g/mol. The lowest BCUT2D eigenvalue weighted by Crippen LogP contribution is -2.48. The minimum absolute atomic E-state index is 0.0986. The van der Waals surface area contributed by atoms with Gasteiger partial charge in [-0.3, -0.25) is 9.59 Å². The van der Waals surface area contributed by atoms with E-state index in [2.05, 4.69) is 10.2 Å². The van der Waals surface area contributed by atoms with Crippen LogP contribution < -0.4 is 15.0 Å². The van der Waals surface area contributed by atoms with Gasteiger partial charge in [-0.25, -0.2) is 0 Å². The second-order valence-electron chi connectivity index (χ2n) is 8.80. The van der Waals surface area contributed by atoms with E-state index in [1.165, 1.54) is 7.11 Å². The van der Waals surface area contributed by atoms with Crippen LogP contribution in [-0.4, -0.2) is 50.0 Å². The van der Waals surface area contributed by atoms with Crippen LogP contribution in [0.1, 0.15) is 20.9 Å². The van der Waals surface area contributed by atoms with Crippen LogP contribution in [0.25, 0.3) is 11.3 Å². The maximum atomic E-state index is 13.1. The number of carbonyl (C=O) groups is 2. The van der Waals surface area contributed by atoms with Crippen molar-refractivity contribution < 1.29 is 18.7 Å². The first-order chi connectivity index (χ1) is 18.4. The van der Waals surface area contributed by atoms with Gasteiger partial charge in [0.05, 0.1) is 12.7 Å². The van der Waals surface area contributed by atoms with E-state index in [4.69, 9.17) is 32.4 Å². The number of rotatable bonds is 6. The number of nitrogens with one attached hydrogen (secondary N) is 1. The quantitative estimate of drug-likeness (QED) is 0.298. The standard InChI is InChI=1S/C29H25Cl2N3O4/c1-37-26-10-5-21(31)18-24(26)29(36)34-15-13-33(14-16-34)23-8-6-22(7-9-23)32-28(35)27-12-11-25(38-27)19-3-2-4-20(30)17-19/h2-12,17-18H,13-16H2,1H3,(H,32,35). The molecular weight excluding hydrogens is 525 g/mol. The van der Waals surface area contributed by atoms with Crippen LogP contribution in [-0.2, 0) is 0 Å². The van der Waals surface area contributed by atoms with Crippen LogP contribution in [0, 0.1) is 0 Å². The number of amides is 2. The summed E-state index contributed by atoms with van der Waals surface area (Å²) in [5.41, 5.74) is 2.93. The van der Waals surface area contributed by atoms with Gasteiger partial charge in [0.15, 0.2) is 5.76 Å². The zero-order valence-electron chi connectivity index (χ0n) is 20.6. The molecule has 194 valence electrons. The number of carbonyl (C=O) groups excluding carboxylic acids is 2. The highest BCUT2D eigenvalue weighted by Crippen LogP contribution is 2.27. The summed E-state index contributed by atoms with van der Waals surface area (Å²) in [5, 5.41) is 3.96. The highest BCUT2D eigenvalue weighted by molar-refractivity contribution is 6.31. The summed E-state index contributed by atoms with van der Waals surface area (Å²) in [5.74, 6) is 0.850. The Morgan fingerprint density at radius 1 is 0.868 bits per heavy atom. The number of piperazine rings is 1. The van der Waals surface area contributed by atoms with E-state index < -0.39 is 0 Å². The summed E-state index contributed by atoms with van der Waals surface area (Å²) in [6, 6.07) is 23.3. The number of methoxy groups -OCH3 is 1. The molecule has 7 nitrogen and oxygen atoms in total. The second kappa shape index (κ2) is 11.2. The zero-order valence-corrected chi connectivity index (χ0v) is 22.1. The lowest BCUT2D eigenvalue weighted by molar-refractivity contribution is 0.0743. The number of benzene rings is 3. The lowest BCUT2D eigenvalue weighted by Gasteiger charge is -2.36. The predicted molar refractivity (Wildman–Crippen MR) is 150 cm³/mol. The Morgan fingerprint density at radius 2 is 1.61 bits per heavy atom. The molecule has 1 saturated heterocycles. The highest BCUT2D eigenvalue weighted by atomic mass is 35.5. The molecule has 0 aliphatic carbocycles. The molecule has 1 fully saturated rings. The summed E-state index contributed by atoms with van der Waals surface area (Å²) < 4.78 is 11.1. The number of hydrogen-bond acceptors (Lipinski definition) is 5. The number of anilines is 2. The van der Waals surface area contributed by atoms with E-state index >= 15 is 0 Å². The van der Waals surface area contributed by atoms with Crippen LogP contribution in [0.15, 0.2) is 83.3 Å². The molecule has 0 unspecified atom stereocenters. The molecule has 0 radical (unpaired) electrons. The molecule has 0 spiro atoms. The summed E-state index contributed by atoms with van der Waals surface area (Å²) >= 11 is 12.2. The molecular formula is C29H25Cl2N3O4.